The van der Waals surface area contributed by atoms with Gasteiger partial charge in [0.1, 0.15) is 0 Å². The summed E-state index contributed by atoms with van der Waals surface area (Å²) in [6.45, 7) is 11.2. The van der Waals surface area contributed by atoms with Gasteiger partial charge >= 0.3 is 16.5 Å². The Labute approximate surface area is 823 Å². The molecule has 2 aliphatic rings. The molecular weight excluding hydrogens is 1720 g/mol. The van der Waals surface area contributed by atoms with Crippen molar-refractivity contribution in [3.8, 4) is 158 Å². The van der Waals surface area contributed by atoms with E-state index in [1.807, 2.05) is 0 Å². The number of rotatable bonds is 52. The molecule has 5 heterocycles. The quantitative estimate of drug-likeness (QED) is 0.0264. The van der Waals surface area contributed by atoms with Crippen molar-refractivity contribution in [2.24, 2.45) is 0 Å². The maximum atomic E-state index is 7.18. The molecule has 8 bridgehead atoms. The Balaban J connectivity index is 0.0000136. The molecular formula is C124H136N8NiO4. The number of hydrogen-bond donors (Lipinski definition) is 0. The minimum atomic E-state index is 0. The second-order valence-corrected chi connectivity index (χ2v) is 37.3. The average molecular weight is 1860 g/mol. The van der Waals surface area contributed by atoms with Crippen molar-refractivity contribution in [1.29, 1.82) is 0 Å². The fourth-order valence-corrected chi connectivity index (χ4v) is 20.2. The molecule has 0 radical (unpaired) electrons. The van der Waals surface area contributed by atoms with E-state index in [1.165, 1.54) is 154 Å². The van der Waals surface area contributed by atoms with Crippen molar-refractivity contribution in [2.45, 2.75) is 259 Å². The fourth-order valence-electron chi connectivity index (χ4n) is 20.2. The van der Waals surface area contributed by atoms with Gasteiger partial charge in [0.15, 0.2) is 23.0 Å². The van der Waals surface area contributed by atoms with Crippen LogP contribution >= 0.6 is 0 Å². The van der Waals surface area contributed by atoms with E-state index in [9.17, 15) is 0 Å². The number of fused-ring (bicyclic) bond motifs is 20. The van der Waals surface area contributed by atoms with Crippen LogP contribution in [0.25, 0.3) is 179 Å². The molecule has 0 saturated heterocycles. The van der Waals surface area contributed by atoms with E-state index >= 15 is 0 Å². The molecule has 13 heteroatoms. The van der Waals surface area contributed by atoms with Gasteiger partial charge in [-0.2, -0.15) is 0 Å². The number of hydrogen-bond acceptors (Lipinski definition) is 10. The number of unbranched alkanes of at least 4 members (excludes halogenated alkanes) is 32. The van der Waals surface area contributed by atoms with E-state index in [2.05, 4.69) is 295 Å². The van der Waals surface area contributed by atoms with Crippen LogP contribution in [-0.4, -0.2) is 56.3 Å². The minimum absolute atomic E-state index is 0. The SMILES string of the molecule is CCCCCCCCCCCOc1cc2c(cc1OCCCCCCCCCCC)-c1nc-2nc2[n-]c(nc3nc(nc4[n-]c(n1)c1c(-c5ccccc5)c(-c5ccccc5)c(-c5ccccc5)c(-c5ccccc5)c41)-c1c(-c4ccccc4)c(-c4ccccc4)c(-c4ccccc4)c(-c4ccccc4)c1-3)c1cc(OCCCCCCCCCCC)c(OCCCCCCCCCCC)cc21.[Ni+2]. The Bertz CT molecular complexity index is 6530. The number of nitrogens with zero attached hydrogens (tertiary/aromatic N) is 8. The Morgan fingerprint density at radius 2 is 0.380 bits per heavy atom. The van der Waals surface area contributed by atoms with Crippen LogP contribution in [0.15, 0.2) is 267 Å². The average Bonchev–Trinajstić information content (AvgIpc) is 1.59. The van der Waals surface area contributed by atoms with Crippen molar-refractivity contribution in [2.75, 3.05) is 26.4 Å². The molecule has 0 unspecified atom stereocenters. The van der Waals surface area contributed by atoms with E-state index in [4.69, 9.17) is 58.8 Å². The van der Waals surface area contributed by atoms with Gasteiger partial charge in [-0.15, -0.1) is 0 Å². The summed E-state index contributed by atoms with van der Waals surface area (Å²) >= 11 is 0. The van der Waals surface area contributed by atoms with Crippen LogP contribution in [0.5, 0.6) is 23.0 Å². The van der Waals surface area contributed by atoms with Gasteiger partial charge in [-0.25, -0.2) is 9.97 Å². The van der Waals surface area contributed by atoms with Crippen LogP contribution in [0.3, 0.4) is 0 Å². The summed E-state index contributed by atoms with van der Waals surface area (Å²) in [5.74, 6) is 4.17. The zero-order chi connectivity index (χ0) is 92.7. The molecule has 137 heavy (non-hydrogen) atoms. The molecule has 0 N–H and O–H groups in total. The summed E-state index contributed by atoms with van der Waals surface area (Å²) in [6, 6.07) is 95.2. The molecule has 0 aliphatic carbocycles. The van der Waals surface area contributed by atoms with Gasteiger partial charge in [-0.05, 0) is 139 Å². The first-order valence-corrected chi connectivity index (χ1v) is 52.0. The van der Waals surface area contributed by atoms with Crippen LogP contribution < -0.4 is 28.9 Å². The minimum Gasteiger partial charge on any atom is -0.490 e. The van der Waals surface area contributed by atoms with Gasteiger partial charge in [-0.1, -0.05) is 476 Å². The summed E-state index contributed by atoms with van der Waals surface area (Å²) in [5.41, 5.74) is 20.4. The van der Waals surface area contributed by atoms with Crippen LogP contribution in [0.4, 0.5) is 0 Å². The van der Waals surface area contributed by atoms with Crippen LogP contribution in [-0.2, 0) is 16.5 Å². The molecule has 0 fully saturated rings. The normalized spacial score (nSPS) is 11.6. The maximum Gasteiger partial charge on any atom is 2.00 e. The van der Waals surface area contributed by atoms with E-state index in [0.717, 1.165) is 210 Å². The van der Waals surface area contributed by atoms with Gasteiger partial charge in [0.25, 0.3) is 0 Å². The standard InChI is InChI=1S/C124H136N8O4.Ni/c1-5-9-13-17-21-25-29-33-61-81-133-101-85-97-99(87-103(101)135-83-63-35-31-27-23-19-15-11-7-3)119-126-117(97)125-118-98-86-102(134-82-62-34-30-26-22-18-14-10-6-2)104(136-84-64-36-32-28-24-20-16-12-8-4)88-100(98)120(127-118)129-122-114-110(94-75-55-42-56-76-94)106(90-67-47-38-48-68-90)108(92-71-51-40-52-72-92)112(96-79-59-44-60-80-96)116(114)124(131-122)132-123-115-111(95-77-57-43-58-78-95)107(91-69-49-39-50-70-91)105(89-65-45-37-46-66-89)109(93-73-53-41-54-74-93)113(115)121(128-119)130-123;/h37-60,65-80,85-88H,5-36,61-64,81-84H2,1-4H3;/q-2;+2. The van der Waals surface area contributed by atoms with Gasteiger partial charge in [0.2, 0.25) is 0 Å². The Morgan fingerprint density at radius 3 is 0.642 bits per heavy atom. The Morgan fingerprint density at radius 1 is 0.190 bits per heavy atom. The first kappa shape index (κ1) is 97.8. The molecule has 12 aromatic carbocycles. The largest absolute Gasteiger partial charge is 2.00 e. The van der Waals surface area contributed by atoms with E-state index in [1.54, 1.807) is 0 Å². The van der Waals surface area contributed by atoms with Crippen molar-refractivity contribution < 1.29 is 35.4 Å². The van der Waals surface area contributed by atoms with Crippen molar-refractivity contribution in [1.82, 2.24) is 39.9 Å². The predicted molar refractivity (Wildman–Crippen MR) is 568 cm³/mol. The van der Waals surface area contributed by atoms with Crippen LogP contribution in [0, 0.1) is 0 Å². The molecule has 0 saturated carbocycles. The van der Waals surface area contributed by atoms with Crippen LogP contribution in [0.2, 0.25) is 0 Å². The molecule has 2 aliphatic heterocycles. The summed E-state index contributed by atoms with van der Waals surface area (Å²) in [4.78, 5) is 48.4. The predicted octanol–water partition coefficient (Wildman–Crippen LogP) is 35.1. The third-order valence-corrected chi connectivity index (χ3v) is 27.2. The summed E-state index contributed by atoms with van der Waals surface area (Å²) < 4.78 is 28.7. The van der Waals surface area contributed by atoms with Crippen molar-refractivity contribution in [3.05, 3.63) is 267 Å². The van der Waals surface area contributed by atoms with Gasteiger partial charge in [0.05, 0.1) is 49.7 Å². The molecule has 0 spiro atoms. The third kappa shape index (κ3) is 24.1. The van der Waals surface area contributed by atoms with E-state index in [0.29, 0.717) is 95.3 Å². The second kappa shape index (κ2) is 50.7. The summed E-state index contributed by atoms with van der Waals surface area (Å²) in [6.07, 6.45) is 43.0. The summed E-state index contributed by atoms with van der Waals surface area (Å²) in [7, 11) is 0. The fraction of sp³-hybridized carbons (Fsp3) is 0.355. The zero-order valence-corrected chi connectivity index (χ0v) is 82.2. The number of ether oxygens (including phenoxy) is 4. The molecule has 15 aromatic rings. The van der Waals surface area contributed by atoms with Crippen LogP contribution in [0.1, 0.15) is 259 Å². The van der Waals surface area contributed by atoms with Crippen molar-refractivity contribution >= 4 is 44.1 Å². The molecule has 17 rings (SSSR count). The zero-order valence-electron chi connectivity index (χ0n) is 81.2. The first-order chi connectivity index (χ1) is 67.5. The Kier molecular flexibility index (Phi) is 36.2. The molecule has 0 atom stereocenters. The second-order valence-electron chi connectivity index (χ2n) is 37.3. The summed E-state index contributed by atoms with van der Waals surface area (Å²) in [5, 5.41) is 3.01. The number of benzene rings is 12. The van der Waals surface area contributed by atoms with E-state index in [-0.39, 0.29) is 16.5 Å². The van der Waals surface area contributed by atoms with Gasteiger partial charge in [-0.3, -0.25) is 0 Å². The Hall–Kier alpha value is -12.3. The molecule has 0 amide bonds. The molecule has 12 nitrogen and oxygen atoms in total. The molecule has 706 valence electrons. The molecule has 3 aromatic heterocycles. The third-order valence-electron chi connectivity index (χ3n) is 27.2. The van der Waals surface area contributed by atoms with Crippen molar-refractivity contribution in [3.63, 3.8) is 0 Å². The van der Waals surface area contributed by atoms with Gasteiger partial charge < -0.3 is 48.9 Å². The maximum absolute atomic E-state index is 7.18. The van der Waals surface area contributed by atoms with Gasteiger partial charge in [0, 0.05) is 66.7 Å². The number of aromatic nitrogens is 8. The first-order valence-electron chi connectivity index (χ1n) is 52.0. The smallest absolute Gasteiger partial charge is 0.490 e. The van der Waals surface area contributed by atoms with E-state index < -0.39 is 0 Å². The monoisotopic (exact) mass is 1860 g/mol. The topological polar surface area (TPSA) is 142 Å².